The van der Waals surface area contributed by atoms with Gasteiger partial charge in [0.2, 0.25) is 11.7 Å². The Balaban J connectivity index is 1.56. The molecule has 0 aliphatic carbocycles. The van der Waals surface area contributed by atoms with E-state index in [4.69, 9.17) is 23.2 Å². The highest BCUT2D eigenvalue weighted by atomic mass is 35.5. The lowest BCUT2D eigenvalue weighted by molar-refractivity contribution is -0.126. The molecule has 0 spiro atoms. The molecule has 1 saturated heterocycles. The Morgan fingerprint density at radius 3 is 2.26 bits per heavy atom. The summed E-state index contributed by atoms with van der Waals surface area (Å²) in [5, 5.41) is 1.04. The fourth-order valence-electron chi connectivity index (χ4n) is 4.63. The predicted molar refractivity (Wildman–Crippen MR) is 136 cm³/mol. The maximum absolute atomic E-state index is 13.5. The Hall–Kier alpha value is -3.34. The lowest BCUT2D eigenvalue weighted by atomic mass is 9.79. The monoisotopic (exact) mass is 488 g/mol. The van der Waals surface area contributed by atoms with Crippen LogP contribution < -0.4 is 4.90 Å². The standard InChI is InChI=1S/C28H22Cl2N2O2/c1-17-8-10-18(11-9-17)27(33)24-15-14-23(31(24)2)25-26(21-13-12-19(29)16-22(21)30)32(28(25)34)20-6-4-3-5-7-20/h3-16,25-26H,1-2H3/t25-,26-/m1/s1. The summed E-state index contributed by atoms with van der Waals surface area (Å²) in [4.78, 5) is 28.5. The van der Waals surface area contributed by atoms with Crippen molar-refractivity contribution in [3.05, 3.63) is 123 Å². The van der Waals surface area contributed by atoms with Crippen LogP contribution in [0, 0.1) is 6.92 Å². The summed E-state index contributed by atoms with van der Waals surface area (Å²) < 4.78 is 1.82. The van der Waals surface area contributed by atoms with Crippen LogP contribution in [0.3, 0.4) is 0 Å². The van der Waals surface area contributed by atoms with Gasteiger partial charge in [0.05, 0.1) is 11.7 Å². The van der Waals surface area contributed by atoms with Gasteiger partial charge < -0.3 is 9.47 Å². The van der Waals surface area contributed by atoms with E-state index in [-0.39, 0.29) is 17.7 Å². The first-order valence-electron chi connectivity index (χ1n) is 11.0. The SMILES string of the molecule is Cc1ccc(C(=O)c2ccc([C@H]3C(=O)N(c4ccccc4)[C@@H]3c3ccc(Cl)cc3Cl)n2C)cc1. The highest BCUT2D eigenvalue weighted by Gasteiger charge is 2.51. The molecule has 2 atom stereocenters. The van der Waals surface area contributed by atoms with Crippen molar-refractivity contribution >= 4 is 40.6 Å². The predicted octanol–water partition coefficient (Wildman–Crippen LogP) is 6.74. The number of nitrogens with zero attached hydrogens (tertiary/aromatic N) is 2. The molecule has 3 aromatic carbocycles. The van der Waals surface area contributed by atoms with Gasteiger partial charge in [-0.25, -0.2) is 0 Å². The topological polar surface area (TPSA) is 42.3 Å². The minimum Gasteiger partial charge on any atom is -0.344 e. The van der Waals surface area contributed by atoms with Crippen molar-refractivity contribution in [3.63, 3.8) is 0 Å². The van der Waals surface area contributed by atoms with Crippen LogP contribution in [0.1, 0.15) is 44.8 Å². The van der Waals surface area contributed by atoms with Crippen LogP contribution in [-0.2, 0) is 11.8 Å². The number of para-hydroxylation sites is 1. The highest BCUT2D eigenvalue weighted by Crippen LogP contribution is 2.50. The number of β-lactam (4-membered cyclic amide) rings is 1. The average Bonchev–Trinajstić information content (AvgIpc) is 3.19. The van der Waals surface area contributed by atoms with Gasteiger partial charge >= 0.3 is 0 Å². The third-order valence-corrected chi connectivity index (χ3v) is 7.00. The molecule has 2 heterocycles. The zero-order chi connectivity index (χ0) is 24.0. The van der Waals surface area contributed by atoms with Crippen LogP contribution in [0.2, 0.25) is 10.0 Å². The molecule has 4 aromatic rings. The molecule has 1 fully saturated rings. The number of rotatable bonds is 5. The first kappa shape index (κ1) is 22.5. The Bertz CT molecular complexity index is 1390. The molecule has 5 rings (SSSR count). The van der Waals surface area contributed by atoms with E-state index in [1.54, 1.807) is 23.1 Å². The first-order chi connectivity index (χ1) is 16.4. The van der Waals surface area contributed by atoms with E-state index in [1.807, 2.05) is 85.3 Å². The minimum atomic E-state index is -0.483. The summed E-state index contributed by atoms with van der Waals surface area (Å²) in [6.45, 7) is 1.98. The van der Waals surface area contributed by atoms with Crippen LogP contribution in [0.15, 0.2) is 84.9 Å². The van der Waals surface area contributed by atoms with Gasteiger partial charge in [0.25, 0.3) is 0 Å². The van der Waals surface area contributed by atoms with Gasteiger partial charge in [-0.05, 0) is 48.9 Å². The Labute approximate surface area is 208 Å². The zero-order valence-corrected chi connectivity index (χ0v) is 20.2. The van der Waals surface area contributed by atoms with Crippen molar-refractivity contribution in [2.75, 3.05) is 4.90 Å². The minimum absolute atomic E-state index is 0.0437. The third-order valence-electron chi connectivity index (χ3n) is 6.44. The zero-order valence-electron chi connectivity index (χ0n) is 18.7. The summed E-state index contributed by atoms with van der Waals surface area (Å²) in [7, 11) is 1.83. The van der Waals surface area contributed by atoms with Crippen molar-refractivity contribution in [2.24, 2.45) is 7.05 Å². The molecule has 1 amide bonds. The average molecular weight is 489 g/mol. The van der Waals surface area contributed by atoms with Gasteiger partial charge in [0, 0.05) is 34.0 Å². The van der Waals surface area contributed by atoms with Crippen LogP contribution in [0.25, 0.3) is 0 Å². The van der Waals surface area contributed by atoms with E-state index in [0.29, 0.717) is 21.3 Å². The lowest BCUT2D eigenvalue weighted by Crippen LogP contribution is -2.54. The Morgan fingerprint density at radius 1 is 0.882 bits per heavy atom. The van der Waals surface area contributed by atoms with Crippen molar-refractivity contribution < 1.29 is 9.59 Å². The number of hydrogen-bond donors (Lipinski definition) is 0. The van der Waals surface area contributed by atoms with Crippen molar-refractivity contribution in [1.29, 1.82) is 0 Å². The van der Waals surface area contributed by atoms with Crippen LogP contribution >= 0.6 is 23.2 Å². The fourth-order valence-corrected chi connectivity index (χ4v) is 5.15. The number of hydrogen-bond acceptors (Lipinski definition) is 2. The molecule has 0 radical (unpaired) electrons. The number of amides is 1. The van der Waals surface area contributed by atoms with Crippen molar-refractivity contribution in [2.45, 2.75) is 18.9 Å². The summed E-state index contributed by atoms with van der Waals surface area (Å²) in [5.41, 5.74) is 4.61. The summed E-state index contributed by atoms with van der Waals surface area (Å²) >= 11 is 12.7. The van der Waals surface area contributed by atoms with Gasteiger partial charge in [-0.2, -0.15) is 0 Å². The molecule has 170 valence electrons. The van der Waals surface area contributed by atoms with E-state index >= 15 is 0 Å². The van der Waals surface area contributed by atoms with E-state index < -0.39 is 5.92 Å². The van der Waals surface area contributed by atoms with Gasteiger partial charge in [0.15, 0.2) is 0 Å². The number of halogens is 2. The number of carbonyl (C=O) groups is 2. The number of carbonyl (C=O) groups excluding carboxylic acids is 2. The van der Waals surface area contributed by atoms with E-state index in [1.165, 1.54) is 0 Å². The second kappa shape index (κ2) is 8.79. The number of anilines is 1. The summed E-state index contributed by atoms with van der Waals surface area (Å²) in [6.07, 6.45) is 0. The van der Waals surface area contributed by atoms with Gasteiger partial charge in [-0.15, -0.1) is 0 Å². The molecule has 1 aromatic heterocycles. The van der Waals surface area contributed by atoms with Crippen molar-refractivity contribution in [3.8, 4) is 0 Å². The molecule has 0 unspecified atom stereocenters. The first-order valence-corrected chi connectivity index (χ1v) is 11.7. The van der Waals surface area contributed by atoms with Crippen molar-refractivity contribution in [1.82, 2.24) is 4.57 Å². The summed E-state index contributed by atoms with van der Waals surface area (Å²) in [6, 6.07) is 25.7. The normalized spacial score (nSPS) is 17.5. The molecule has 0 N–H and O–H groups in total. The largest absolute Gasteiger partial charge is 0.344 e. The van der Waals surface area contributed by atoms with E-state index in [2.05, 4.69) is 0 Å². The van der Waals surface area contributed by atoms with Crippen LogP contribution in [0.4, 0.5) is 5.69 Å². The number of aryl methyl sites for hydroxylation is 1. The Kier molecular flexibility index (Phi) is 5.80. The molecule has 4 nitrogen and oxygen atoms in total. The number of ketones is 1. The summed E-state index contributed by atoms with van der Waals surface area (Å²) in [5.74, 6) is -0.609. The third kappa shape index (κ3) is 3.73. The molecule has 6 heteroatoms. The molecule has 1 aliphatic rings. The second-order valence-electron chi connectivity index (χ2n) is 8.53. The van der Waals surface area contributed by atoms with Gasteiger partial charge in [-0.1, -0.05) is 77.3 Å². The maximum atomic E-state index is 13.5. The number of benzene rings is 3. The van der Waals surface area contributed by atoms with Gasteiger partial charge in [0.1, 0.15) is 5.92 Å². The fraction of sp³-hybridized carbons (Fsp3) is 0.143. The van der Waals surface area contributed by atoms with Gasteiger partial charge in [-0.3, -0.25) is 9.59 Å². The maximum Gasteiger partial charge on any atom is 0.239 e. The lowest BCUT2D eigenvalue weighted by Gasteiger charge is -2.48. The van der Waals surface area contributed by atoms with Crippen LogP contribution in [0.5, 0.6) is 0 Å². The molecule has 0 saturated carbocycles. The van der Waals surface area contributed by atoms with E-state index in [0.717, 1.165) is 22.5 Å². The molecular weight excluding hydrogens is 467 g/mol. The molecule has 34 heavy (non-hydrogen) atoms. The van der Waals surface area contributed by atoms with E-state index in [9.17, 15) is 9.59 Å². The molecular formula is C28H22Cl2N2O2. The highest BCUT2D eigenvalue weighted by molar-refractivity contribution is 6.35. The quantitative estimate of drug-likeness (QED) is 0.230. The molecule has 1 aliphatic heterocycles. The number of aromatic nitrogens is 1. The molecule has 0 bridgehead atoms. The van der Waals surface area contributed by atoms with Crippen LogP contribution in [-0.4, -0.2) is 16.3 Å². The smallest absolute Gasteiger partial charge is 0.239 e. The second-order valence-corrected chi connectivity index (χ2v) is 9.37. The Morgan fingerprint density at radius 2 is 1.59 bits per heavy atom.